The molecule has 3 nitrogen and oxygen atoms in total. The Morgan fingerprint density at radius 3 is 2.15 bits per heavy atom. The standard InChI is InChI=1S/C23H29BrN2O/c1-3-7-18(2)23(27)26-16-14-25(15-17-26)22(19-8-5-4-6-9-19)20-10-12-21(24)13-11-20/h4-6,8-13,18,22H,3,7,14-17H2,1-2H3/t18-,22-/m1/s1. The summed E-state index contributed by atoms with van der Waals surface area (Å²) in [5.74, 6) is 0.453. The third-order valence-corrected chi connectivity index (χ3v) is 5.96. The second-order valence-corrected chi connectivity index (χ2v) is 8.33. The second kappa shape index (κ2) is 9.52. The van der Waals surface area contributed by atoms with Crippen molar-refractivity contribution in [2.75, 3.05) is 26.2 Å². The van der Waals surface area contributed by atoms with Gasteiger partial charge in [-0.3, -0.25) is 9.69 Å². The van der Waals surface area contributed by atoms with Crippen LogP contribution in [0.4, 0.5) is 0 Å². The average molecular weight is 429 g/mol. The lowest BCUT2D eigenvalue weighted by Crippen LogP contribution is -2.51. The number of hydrogen-bond donors (Lipinski definition) is 0. The van der Waals surface area contributed by atoms with Crippen molar-refractivity contribution < 1.29 is 4.79 Å². The molecular formula is C23H29BrN2O. The van der Waals surface area contributed by atoms with Crippen molar-refractivity contribution in [1.29, 1.82) is 0 Å². The van der Waals surface area contributed by atoms with Crippen molar-refractivity contribution in [2.24, 2.45) is 5.92 Å². The molecule has 1 fully saturated rings. The van der Waals surface area contributed by atoms with E-state index in [4.69, 9.17) is 0 Å². The van der Waals surface area contributed by atoms with E-state index >= 15 is 0 Å². The van der Waals surface area contributed by atoms with Crippen molar-refractivity contribution in [2.45, 2.75) is 32.7 Å². The van der Waals surface area contributed by atoms with Crippen LogP contribution in [0.3, 0.4) is 0 Å². The van der Waals surface area contributed by atoms with E-state index in [0.717, 1.165) is 43.5 Å². The van der Waals surface area contributed by atoms with Gasteiger partial charge in [0.2, 0.25) is 5.91 Å². The minimum absolute atomic E-state index is 0.137. The molecule has 3 rings (SSSR count). The monoisotopic (exact) mass is 428 g/mol. The molecule has 0 aromatic heterocycles. The van der Waals surface area contributed by atoms with Crippen molar-refractivity contribution in [3.63, 3.8) is 0 Å². The zero-order valence-corrected chi connectivity index (χ0v) is 17.9. The summed E-state index contributed by atoms with van der Waals surface area (Å²) in [7, 11) is 0. The molecule has 0 radical (unpaired) electrons. The van der Waals surface area contributed by atoms with E-state index < -0.39 is 0 Å². The predicted molar refractivity (Wildman–Crippen MR) is 115 cm³/mol. The normalized spacial score (nSPS) is 17.5. The van der Waals surface area contributed by atoms with Gasteiger partial charge in [0.05, 0.1) is 6.04 Å². The number of amides is 1. The van der Waals surface area contributed by atoms with E-state index in [1.54, 1.807) is 0 Å². The lowest BCUT2D eigenvalue weighted by atomic mass is 9.96. The van der Waals surface area contributed by atoms with Crippen LogP contribution in [0.5, 0.6) is 0 Å². The summed E-state index contributed by atoms with van der Waals surface area (Å²) in [6.45, 7) is 7.64. The second-order valence-electron chi connectivity index (χ2n) is 7.42. The number of carbonyl (C=O) groups excluding carboxylic acids is 1. The molecule has 0 N–H and O–H groups in total. The van der Waals surface area contributed by atoms with Gasteiger partial charge in [-0.15, -0.1) is 0 Å². The lowest BCUT2D eigenvalue weighted by Gasteiger charge is -2.40. The maximum absolute atomic E-state index is 12.6. The molecule has 2 aromatic rings. The fourth-order valence-corrected chi connectivity index (χ4v) is 4.23. The van der Waals surface area contributed by atoms with Crippen LogP contribution in [0.15, 0.2) is 59.1 Å². The summed E-state index contributed by atoms with van der Waals surface area (Å²) in [5.41, 5.74) is 2.60. The summed E-state index contributed by atoms with van der Waals surface area (Å²) < 4.78 is 1.10. The quantitative estimate of drug-likeness (QED) is 0.637. The van der Waals surface area contributed by atoms with Crippen LogP contribution >= 0.6 is 15.9 Å². The Morgan fingerprint density at radius 2 is 1.56 bits per heavy atom. The van der Waals surface area contributed by atoms with E-state index in [1.165, 1.54) is 11.1 Å². The molecule has 144 valence electrons. The topological polar surface area (TPSA) is 23.6 Å². The molecular weight excluding hydrogens is 400 g/mol. The summed E-state index contributed by atoms with van der Waals surface area (Å²) >= 11 is 3.54. The Balaban J connectivity index is 1.75. The number of nitrogens with zero attached hydrogens (tertiary/aromatic N) is 2. The zero-order chi connectivity index (χ0) is 19.2. The Kier molecular flexibility index (Phi) is 7.08. The van der Waals surface area contributed by atoms with Gasteiger partial charge in [0.1, 0.15) is 0 Å². The maximum Gasteiger partial charge on any atom is 0.225 e. The molecule has 0 unspecified atom stereocenters. The van der Waals surface area contributed by atoms with Gasteiger partial charge < -0.3 is 4.90 Å². The van der Waals surface area contributed by atoms with Gasteiger partial charge in [-0.2, -0.15) is 0 Å². The smallest absolute Gasteiger partial charge is 0.225 e. The van der Waals surface area contributed by atoms with Gasteiger partial charge >= 0.3 is 0 Å². The van der Waals surface area contributed by atoms with Crippen molar-refractivity contribution >= 4 is 21.8 Å². The number of benzene rings is 2. The molecule has 2 aromatic carbocycles. The number of piperazine rings is 1. The van der Waals surface area contributed by atoms with Crippen LogP contribution in [-0.4, -0.2) is 41.9 Å². The number of hydrogen-bond acceptors (Lipinski definition) is 2. The maximum atomic E-state index is 12.6. The highest BCUT2D eigenvalue weighted by Crippen LogP contribution is 2.30. The number of halogens is 1. The largest absolute Gasteiger partial charge is 0.340 e. The Hall–Kier alpha value is -1.65. The van der Waals surface area contributed by atoms with Crippen LogP contribution in [0.25, 0.3) is 0 Å². The number of rotatable bonds is 6. The van der Waals surface area contributed by atoms with Gasteiger partial charge in [-0.25, -0.2) is 0 Å². The molecule has 1 saturated heterocycles. The molecule has 2 atom stereocenters. The van der Waals surface area contributed by atoms with Crippen molar-refractivity contribution in [3.8, 4) is 0 Å². The zero-order valence-electron chi connectivity index (χ0n) is 16.3. The molecule has 27 heavy (non-hydrogen) atoms. The first kappa shape index (κ1) is 20.1. The molecule has 1 amide bonds. The SMILES string of the molecule is CCC[C@@H](C)C(=O)N1CCN([C@H](c2ccccc2)c2ccc(Br)cc2)CC1. The summed E-state index contributed by atoms with van der Waals surface area (Å²) in [5, 5.41) is 0. The predicted octanol–water partition coefficient (Wildman–Crippen LogP) is 5.12. The molecule has 0 aliphatic carbocycles. The van der Waals surface area contributed by atoms with Crippen LogP contribution in [0.2, 0.25) is 0 Å². The molecule has 0 saturated carbocycles. The first-order valence-corrected chi connectivity index (χ1v) is 10.7. The molecule has 1 heterocycles. The van der Waals surface area contributed by atoms with Gasteiger partial charge in [0, 0.05) is 36.6 Å². The fraction of sp³-hybridized carbons (Fsp3) is 0.435. The Morgan fingerprint density at radius 1 is 0.963 bits per heavy atom. The van der Waals surface area contributed by atoms with E-state index in [9.17, 15) is 4.79 Å². The number of carbonyl (C=O) groups is 1. The van der Waals surface area contributed by atoms with E-state index in [2.05, 4.69) is 94.2 Å². The minimum Gasteiger partial charge on any atom is -0.340 e. The average Bonchev–Trinajstić information content (AvgIpc) is 2.71. The van der Waals surface area contributed by atoms with Crippen LogP contribution in [0, 0.1) is 5.92 Å². The van der Waals surface area contributed by atoms with Crippen LogP contribution < -0.4 is 0 Å². The van der Waals surface area contributed by atoms with Gasteiger partial charge in [-0.05, 0) is 29.7 Å². The summed E-state index contributed by atoms with van der Waals surface area (Å²) in [4.78, 5) is 17.2. The van der Waals surface area contributed by atoms with E-state index in [-0.39, 0.29) is 12.0 Å². The van der Waals surface area contributed by atoms with Gasteiger partial charge in [0.15, 0.2) is 0 Å². The summed E-state index contributed by atoms with van der Waals surface area (Å²) in [6.07, 6.45) is 2.04. The molecule has 1 aliphatic heterocycles. The fourth-order valence-electron chi connectivity index (χ4n) is 3.96. The van der Waals surface area contributed by atoms with Gasteiger partial charge in [-0.1, -0.05) is 78.7 Å². The highest BCUT2D eigenvalue weighted by Gasteiger charge is 2.29. The Bertz CT molecular complexity index is 724. The minimum atomic E-state index is 0.137. The Labute approximate surface area is 171 Å². The third-order valence-electron chi connectivity index (χ3n) is 5.44. The third kappa shape index (κ3) is 4.99. The summed E-state index contributed by atoms with van der Waals surface area (Å²) in [6, 6.07) is 19.5. The van der Waals surface area contributed by atoms with Gasteiger partial charge in [0.25, 0.3) is 0 Å². The molecule has 0 bridgehead atoms. The van der Waals surface area contributed by atoms with E-state index in [0.29, 0.717) is 5.91 Å². The van der Waals surface area contributed by atoms with Crippen LogP contribution in [-0.2, 0) is 4.79 Å². The molecule has 4 heteroatoms. The first-order valence-electron chi connectivity index (χ1n) is 9.93. The highest BCUT2D eigenvalue weighted by molar-refractivity contribution is 9.10. The van der Waals surface area contributed by atoms with Crippen molar-refractivity contribution in [3.05, 3.63) is 70.2 Å². The van der Waals surface area contributed by atoms with Crippen molar-refractivity contribution in [1.82, 2.24) is 9.80 Å². The lowest BCUT2D eigenvalue weighted by molar-refractivity contribution is -0.137. The highest BCUT2D eigenvalue weighted by atomic mass is 79.9. The molecule has 0 spiro atoms. The van der Waals surface area contributed by atoms with E-state index in [1.807, 2.05) is 0 Å². The molecule has 1 aliphatic rings. The van der Waals surface area contributed by atoms with Crippen LogP contribution in [0.1, 0.15) is 43.9 Å². The first-order chi connectivity index (χ1) is 13.1.